The van der Waals surface area contributed by atoms with E-state index < -0.39 is 35.1 Å². The second kappa shape index (κ2) is 14.9. The minimum Gasteiger partial charge on any atom is -0.466 e. The molecule has 2 aromatic rings. The Morgan fingerprint density at radius 1 is 1.26 bits per heavy atom. The van der Waals surface area contributed by atoms with Crippen LogP contribution in [0.3, 0.4) is 0 Å². The van der Waals surface area contributed by atoms with Gasteiger partial charge >= 0.3 is 12.0 Å². The monoisotopic (exact) mass is 618 g/mol. The van der Waals surface area contributed by atoms with Gasteiger partial charge in [0.25, 0.3) is 0 Å². The lowest BCUT2D eigenvalue weighted by atomic mass is 9.71. The Morgan fingerprint density at radius 2 is 2.00 bits per heavy atom. The number of amides is 3. The Labute approximate surface area is 254 Å². The van der Waals surface area contributed by atoms with Crippen LogP contribution in [0.15, 0.2) is 53.9 Å². The summed E-state index contributed by atoms with van der Waals surface area (Å²) >= 11 is 0. The molecule has 230 valence electrons. The summed E-state index contributed by atoms with van der Waals surface area (Å²) in [5, 5.41) is 17.9. The number of nitriles is 1. The molecular formula is C29H33ClF2N6O5. The third-order valence-corrected chi connectivity index (χ3v) is 7.64. The summed E-state index contributed by atoms with van der Waals surface area (Å²) in [6, 6.07) is 8.92. The molecule has 1 unspecified atom stereocenters. The Hall–Kier alpha value is -4.12. The number of ether oxygens (including phenoxy) is 2. The van der Waals surface area contributed by atoms with Crippen molar-refractivity contribution in [2.45, 2.75) is 43.2 Å². The van der Waals surface area contributed by atoms with Gasteiger partial charge in [0.1, 0.15) is 6.04 Å². The molecule has 0 spiro atoms. The highest BCUT2D eigenvalue weighted by Gasteiger charge is 2.43. The average Bonchev–Trinajstić information content (AvgIpc) is 3.01. The fourth-order valence-electron chi connectivity index (χ4n) is 5.50. The first-order valence-corrected chi connectivity index (χ1v) is 13.4. The highest BCUT2D eigenvalue weighted by Crippen LogP contribution is 2.38. The molecule has 0 radical (unpaired) electrons. The molecule has 0 saturated heterocycles. The van der Waals surface area contributed by atoms with Crippen LogP contribution in [0.1, 0.15) is 43.0 Å². The van der Waals surface area contributed by atoms with E-state index in [0.29, 0.717) is 32.1 Å². The molecule has 1 saturated carbocycles. The Morgan fingerprint density at radius 3 is 2.58 bits per heavy atom. The molecule has 4 rings (SSSR count). The highest BCUT2D eigenvalue weighted by molar-refractivity contribution is 5.95. The summed E-state index contributed by atoms with van der Waals surface area (Å²) in [5.74, 6) is -3.15. The predicted molar refractivity (Wildman–Crippen MR) is 152 cm³/mol. The number of carbonyl (C=O) groups excluding carboxylic acids is 3. The first-order chi connectivity index (χ1) is 20.3. The molecule has 14 heteroatoms. The maximum atomic E-state index is 14.3. The van der Waals surface area contributed by atoms with Crippen molar-refractivity contribution in [3.05, 3.63) is 76.8 Å². The summed E-state index contributed by atoms with van der Waals surface area (Å²) in [7, 11) is 2.50. The van der Waals surface area contributed by atoms with E-state index in [9.17, 15) is 28.4 Å². The summed E-state index contributed by atoms with van der Waals surface area (Å²) in [5.41, 5.74) is 0.112. The number of methoxy groups -OCH3 is 2. The van der Waals surface area contributed by atoms with Crippen molar-refractivity contribution in [2.24, 2.45) is 0 Å². The molecule has 1 aliphatic heterocycles. The van der Waals surface area contributed by atoms with Crippen molar-refractivity contribution < 1.29 is 32.6 Å². The number of esters is 1. The zero-order valence-corrected chi connectivity index (χ0v) is 24.5. The predicted octanol–water partition coefficient (Wildman–Crippen LogP) is 3.29. The first kappa shape index (κ1) is 33.4. The van der Waals surface area contributed by atoms with Gasteiger partial charge in [0.15, 0.2) is 11.6 Å². The number of aromatic nitrogens is 1. The first-order valence-electron chi connectivity index (χ1n) is 13.4. The van der Waals surface area contributed by atoms with Crippen LogP contribution >= 0.6 is 12.4 Å². The van der Waals surface area contributed by atoms with E-state index in [1.807, 2.05) is 18.2 Å². The molecule has 1 atom stereocenters. The largest absolute Gasteiger partial charge is 0.466 e. The van der Waals surface area contributed by atoms with E-state index in [2.05, 4.69) is 21.7 Å². The number of halogens is 3. The fraction of sp³-hybridized carbons (Fsp3) is 0.414. The summed E-state index contributed by atoms with van der Waals surface area (Å²) in [6.07, 6.45) is 4.71. The van der Waals surface area contributed by atoms with E-state index in [0.717, 1.165) is 35.0 Å². The number of nitrogens with zero attached hydrogens (tertiary/aromatic N) is 4. The van der Waals surface area contributed by atoms with Gasteiger partial charge < -0.3 is 20.1 Å². The van der Waals surface area contributed by atoms with Crippen molar-refractivity contribution in [1.82, 2.24) is 25.6 Å². The molecule has 1 aliphatic carbocycles. The van der Waals surface area contributed by atoms with E-state index in [1.54, 1.807) is 6.20 Å². The summed E-state index contributed by atoms with van der Waals surface area (Å²) in [6.45, 7) is 0.0888. The smallest absolute Gasteiger partial charge is 0.341 e. The number of hydrogen-bond acceptors (Lipinski definition) is 8. The Bertz CT molecular complexity index is 1380. The third kappa shape index (κ3) is 7.10. The summed E-state index contributed by atoms with van der Waals surface area (Å²) < 4.78 is 38.2. The average molecular weight is 619 g/mol. The second-order valence-corrected chi connectivity index (χ2v) is 10.1. The van der Waals surface area contributed by atoms with Gasteiger partial charge in [0.2, 0.25) is 6.41 Å². The Kier molecular flexibility index (Phi) is 11.5. The molecule has 2 heterocycles. The minimum atomic E-state index is -1.32. The number of pyridine rings is 1. The molecule has 2 aliphatic rings. The van der Waals surface area contributed by atoms with Gasteiger partial charge in [-0.2, -0.15) is 5.26 Å². The van der Waals surface area contributed by atoms with Gasteiger partial charge in [-0.15, -0.1) is 12.4 Å². The van der Waals surface area contributed by atoms with Crippen LogP contribution in [-0.2, 0) is 24.5 Å². The van der Waals surface area contributed by atoms with Crippen LogP contribution in [0.25, 0.3) is 0 Å². The van der Waals surface area contributed by atoms with E-state index in [1.165, 1.54) is 13.2 Å². The lowest BCUT2D eigenvalue weighted by Gasteiger charge is -2.42. The normalized spacial score (nSPS) is 21.7. The molecule has 2 N–H and O–H groups in total. The van der Waals surface area contributed by atoms with Gasteiger partial charge in [0.05, 0.1) is 48.7 Å². The van der Waals surface area contributed by atoms with Crippen LogP contribution in [0.5, 0.6) is 0 Å². The molecule has 43 heavy (non-hydrogen) atoms. The maximum Gasteiger partial charge on any atom is 0.341 e. The Balaban J connectivity index is 0.00000506. The van der Waals surface area contributed by atoms with Crippen molar-refractivity contribution in [1.29, 1.82) is 5.26 Å². The zero-order chi connectivity index (χ0) is 30.3. The molecule has 0 bridgehead atoms. The van der Waals surface area contributed by atoms with Gasteiger partial charge in [-0.25, -0.2) is 23.4 Å². The van der Waals surface area contributed by atoms with Crippen LogP contribution in [-0.4, -0.2) is 73.4 Å². The van der Waals surface area contributed by atoms with Crippen LogP contribution in [0, 0.1) is 23.0 Å². The van der Waals surface area contributed by atoms with Crippen LogP contribution < -0.4 is 10.6 Å². The number of urea groups is 1. The van der Waals surface area contributed by atoms with Gasteiger partial charge in [-0.3, -0.25) is 14.8 Å². The summed E-state index contributed by atoms with van der Waals surface area (Å²) in [4.78, 5) is 42.9. The minimum absolute atomic E-state index is 0. The number of carbonyl (C=O) groups is 3. The van der Waals surface area contributed by atoms with E-state index >= 15 is 0 Å². The molecule has 1 aromatic heterocycles. The van der Waals surface area contributed by atoms with Gasteiger partial charge in [-0.1, -0.05) is 12.1 Å². The van der Waals surface area contributed by atoms with Crippen molar-refractivity contribution >= 4 is 30.8 Å². The standard InChI is InChI=1S/C29H32F2N6O5.ClH/c1-41-16-23-25(27(39)42-2)26(19-6-7-21(30)22(31)15-19)37(28(40)35-23)36(18-38)14-13-33-20-8-10-29(17-32,11-9-20)24-5-3-4-12-34-24;/h3-7,12,15,18,20,26,33H,8-11,13-14,16H2,1-2H3,(H,35,40);1H. The fourth-order valence-corrected chi connectivity index (χ4v) is 5.50. The van der Waals surface area contributed by atoms with Gasteiger partial charge in [0, 0.05) is 25.9 Å². The number of hydrogen-bond donors (Lipinski definition) is 2. The SMILES string of the molecule is COCC1=C(C(=O)OC)C(c2ccc(F)c(F)c2)N(N(C=O)CCNC2CCC(C#N)(c3ccccn3)CC2)C(=O)N1.Cl. The van der Waals surface area contributed by atoms with Crippen molar-refractivity contribution in [2.75, 3.05) is 33.9 Å². The lowest BCUT2D eigenvalue weighted by molar-refractivity contribution is -0.141. The third-order valence-electron chi connectivity index (χ3n) is 7.64. The number of nitrogens with one attached hydrogen (secondary N) is 2. The lowest BCUT2D eigenvalue weighted by Crippen LogP contribution is -2.58. The van der Waals surface area contributed by atoms with E-state index in [4.69, 9.17) is 9.47 Å². The van der Waals surface area contributed by atoms with E-state index in [-0.39, 0.29) is 55.0 Å². The highest BCUT2D eigenvalue weighted by atomic mass is 35.5. The topological polar surface area (TPSA) is 137 Å². The van der Waals surface area contributed by atoms with Crippen molar-refractivity contribution in [3.63, 3.8) is 0 Å². The number of hydrazine groups is 1. The number of benzene rings is 1. The van der Waals surface area contributed by atoms with Crippen molar-refractivity contribution in [3.8, 4) is 6.07 Å². The van der Waals surface area contributed by atoms with Crippen LogP contribution in [0.4, 0.5) is 13.6 Å². The molecular weight excluding hydrogens is 586 g/mol. The molecule has 1 fully saturated rings. The second-order valence-electron chi connectivity index (χ2n) is 10.1. The van der Waals surface area contributed by atoms with Gasteiger partial charge in [-0.05, 0) is 55.5 Å². The molecule has 3 amide bonds. The number of rotatable bonds is 11. The van der Waals surface area contributed by atoms with Crippen LogP contribution in [0.2, 0.25) is 0 Å². The molecule has 1 aromatic carbocycles. The maximum absolute atomic E-state index is 14.3. The quantitative estimate of drug-likeness (QED) is 0.289. The zero-order valence-electron chi connectivity index (χ0n) is 23.7. The molecule has 11 nitrogen and oxygen atoms in total.